The van der Waals surface area contributed by atoms with Crippen molar-refractivity contribution in [1.82, 2.24) is 4.90 Å². The van der Waals surface area contributed by atoms with Gasteiger partial charge in [-0.3, -0.25) is 4.79 Å². The molecule has 1 amide bonds. The van der Waals surface area contributed by atoms with Gasteiger partial charge in [-0.1, -0.05) is 0 Å². The molecule has 2 heterocycles. The lowest BCUT2D eigenvalue weighted by atomic mass is 9.81. The minimum atomic E-state index is -0.411. The Kier molecular flexibility index (Phi) is 6.66. The molecule has 1 saturated heterocycles. The van der Waals surface area contributed by atoms with Crippen LogP contribution in [0.5, 0.6) is 11.5 Å². The third-order valence-corrected chi connectivity index (χ3v) is 6.39. The zero-order chi connectivity index (χ0) is 23.8. The first-order chi connectivity index (χ1) is 15.7. The number of piperidine rings is 1. The predicted octanol–water partition coefficient (Wildman–Crippen LogP) is 5.84. The van der Waals surface area contributed by atoms with Crippen molar-refractivity contribution in [2.75, 3.05) is 13.1 Å². The average molecular weight is 456 g/mol. The SMILES string of the molecule is Cc1cc(C(=O)N2CCC3(CC2)C[C@@H](OC(C)C)c2cc(F)ccc2O3)ccc1OC(C)C. The van der Waals surface area contributed by atoms with Crippen LogP contribution in [0.1, 0.15) is 74.5 Å². The van der Waals surface area contributed by atoms with Crippen LogP contribution in [0.15, 0.2) is 36.4 Å². The van der Waals surface area contributed by atoms with Gasteiger partial charge < -0.3 is 19.1 Å². The minimum absolute atomic E-state index is 0.0221. The highest BCUT2D eigenvalue weighted by Crippen LogP contribution is 2.46. The Hall–Kier alpha value is -2.60. The number of benzene rings is 2. The van der Waals surface area contributed by atoms with E-state index in [4.69, 9.17) is 14.2 Å². The fourth-order valence-corrected chi connectivity index (χ4v) is 4.81. The van der Waals surface area contributed by atoms with E-state index in [-0.39, 0.29) is 30.0 Å². The zero-order valence-corrected chi connectivity index (χ0v) is 20.2. The number of nitrogens with zero attached hydrogens (tertiary/aromatic N) is 1. The van der Waals surface area contributed by atoms with E-state index in [0.29, 0.717) is 43.7 Å². The van der Waals surface area contributed by atoms with Crippen LogP contribution in [0.4, 0.5) is 4.39 Å². The third kappa shape index (κ3) is 5.16. The predicted molar refractivity (Wildman–Crippen MR) is 125 cm³/mol. The van der Waals surface area contributed by atoms with Crippen LogP contribution in [-0.2, 0) is 4.74 Å². The van der Waals surface area contributed by atoms with Gasteiger partial charge in [0.05, 0.1) is 18.3 Å². The van der Waals surface area contributed by atoms with Gasteiger partial charge in [0.15, 0.2) is 0 Å². The number of rotatable bonds is 5. The number of likely N-dealkylation sites (tertiary alicyclic amines) is 1. The van der Waals surface area contributed by atoms with Gasteiger partial charge in [0.1, 0.15) is 22.9 Å². The number of halogens is 1. The van der Waals surface area contributed by atoms with E-state index in [2.05, 4.69) is 0 Å². The molecule has 2 aliphatic heterocycles. The Morgan fingerprint density at radius 3 is 2.45 bits per heavy atom. The van der Waals surface area contributed by atoms with Gasteiger partial charge in [-0.05, 0) is 76.6 Å². The molecule has 1 spiro atoms. The molecule has 0 radical (unpaired) electrons. The number of fused-ring (bicyclic) bond motifs is 1. The topological polar surface area (TPSA) is 48.0 Å². The molecule has 1 atom stereocenters. The number of amides is 1. The van der Waals surface area contributed by atoms with E-state index in [1.807, 2.05) is 57.7 Å². The van der Waals surface area contributed by atoms with Gasteiger partial charge in [-0.2, -0.15) is 0 Å². The summed E-state index contributed by atoms with van der Waals surface area (Å²) in [4.78, 5) is 15.1. The summed E-state index contributed by atoms with van der Waals surface area (Å²) >= 11 is 0. The normalized spacial score (nSPS) is 19.5. The highest BCUT2D eigenvalue weighted by atomic mass is 19.1. The number of ether oxygens (including phenoxy) is 3. The van der Waals surface area contributed by atoms with Gasteiger partial charge in [-0.25, -0.2) is 4.39 Å². The second-order valence-corrected chi connectivity index (χ2v) is 9.78. The molecule has 0 aliphatic carbocycles. The summed E-state index contributed by atoms with van der Waals surface area (Å²) < 4.78 is 32.3. The monoisotopic (exact) mass is 455 g/mol. The number of carbonyl (C=O) groups is 1. The van der Waals surface area contributed by atoms with Crippen LogP contribution in [0, 0.1) is 12.7 Å². The van der Waals surface area contributed by atoms with Crippen molar-refractivity contribution in [2.45, 2.75) is 77.8 Å². The van der Waals surface area contributed by atoms with Gasteiger partial charge in [-0.15, -0.1) is 0 Å². The lowest BCUT2D eigenvalue weighted by molar-refractivity contribution is -0.0873. The average Bonchev–Trinajstić information content (AvgIpc) is 2.75. The highest BCUT2D eigenvalue weighted by Gasteiger charge is 2.44. The number of carbonyl (C=O) groups excluding carboxylic acids is 1. The van der Waals surface area contributed by atoms with E-state index in [1.165, 1.54) is 12.1 Å². The lowest BCUT2D eigenvalue weighted by Gasteiger charge is -2.47. The third-order valence-electron chi connectivity index (χ3n) is 6.39. The smallest absolute Gasteiger partial charge is 0.253 e. The number of hydrogen-bond donors (Lipinski definition) is 0. The van der Waals surface area contributed by atoms with Gasteiger partial charge in [0.25, 0.3) is 5.91 Å². The maximum Gasteiger partial charge on any atom is 0.253 e. The second-order valence-electron chi connectivity index (χ2n) is 9.78. The van der Waals surface area contributed by atoms with Crippen molar-refractivity contribution in [2.24, 2.45) is 0 Å². The van der Waals surface area contributed by atoms with Crippen LogP contribution < -0.4 is 9.47 Å². The first-order valence-corrected chi connectivity index (χ1v) is 11.9. The first-order valence-electron chi connectivity index (χ1n) is 11.9. The van der Waals surface area contributed by atoms with Crippen molar-refractivity contribution >= 4 is 5.91 Å². The lowest BCUT2D eigenvalue weighted by Crippen LogP contribution is -2.52. The molecule has 6 heteroatoms. The summed E-state index contributed by atoms with van der Waals surface area (Å²) in [6.45, 7) is 11.1. The molecular formula is C27H34FNO4. The molecule has 0 saturated carbocycles. The maximum absolute atomic E-state index is 13.9. The fourth-order valence-electron chi connectivity index (χ4n) is 4.81. The largest absolute Gasteiger partial charge is 0.491 e. The zero-order valence-electron chi connectivity index (χ0n) is 20.2. The Morgan fingerprint density at radius 2 is 1.82 bits per heavy atom. The standard InChI is InChI=1S/C27H34FNO4/c1-17(2)31-23-8-6-20(14-19(23)5)26(30)29-12-10-27(11-13-29)16-25(32-18(3)4)22-15-21(28)7-9-24(22)33-27/h6-9,14-15,17-18,25H,10-13,16H2,1-5H3/t25-/m1/s1. The van der Waals surface area contributed by atoms with Gasteiger partial charge in [0.2, 0.25) is 0 Å². The van der Waals surface area contributed by atoms with E-state index in [1.54, 1.807) is 6.07 Å². The summed E-state index contributed by atoms with van der Waals surface area (Å²) in [6.07, 6.45) is 1.97. The molecule has 0 N–H and O–H groups in total. The Morgan fingerprint density at radius 1 is 1.09 bits per heavy atom. The number of hydrogen-bond acceptors (Lipinski definition) is 4. The summed E-state index contributed by atoms with van der Waals surface area (Å²) in [5.41, 5.74) is 1.99. The van der Waals surface area contributed by atoms with Crippen molar-refractivity contribution in [3.63, 3.8) is 0 Å². The quantitative estimate of drug-likeness (QED) is 0.568. The molecule has 5 nitrogen and oxygen atoms in total. The van der Waals surface area contributed by atoms with Crippen LogP contribution >= 0.6 is 0 Å². The van der Waals surface area contributed by atoms with E-state index in [0.717, 1.165) is 16.9 Å². The molecule has 178 valence electrons. The molecule has 2 aliphatic rings. The molecule has 4 rings (SSSR count). The van der Waals surface area contributed by atoms with Crippen molar-refractivity contribution < 1.29 is 23.4 Å². The summed E-state index contributed by atoms with van der Waals surface area (Å²) in [5.74, 6) is 1.23. The van der Waals surface area contributed by atoms with Crippen LogP contribution in [0.25, 0.3) is 0 Å². The Balaban J connectivity index is 1.47. The van der Waals surface area contributed by atoms with E-state index < -0.39 is 5.60 Å². The van der Waals surface area contributed by atoms with E-state index in [9.17, 15) is 9.18 Å². The molecular weight excluding hydrogens is 421 g/mol. The molecule has 0 aromatic heterocycles. The fraction of sp³-hybridized carbons (Fsp3) is 0.519. The maximum atomic E-state index is 13.9. The van der Waals surface area contributed by atoms with Crippen LogP contribution in [0.3, 0.4) is 0 Å². The first kappa shape index (κ1) is 23.6. The minimum Gasteiger partial charge on any atom is -0.491 e. The summed E-state index contributed by atoms with van der Waals surface area (Å²) in [6, 6.07) is 10.3. The molecule has 2 aromatic rings. The highest BCUT2D eigenvalue weighted by molar-refractivity contribution is 5.94. The molecule has 0 unspecified atom stereocenters. The summed E-state index contributed by atoms with van der Waals surface area (Å²) in [7, 11) is 0. The molecule has 33 heavy (non-hydrogen) atoms. The number of aryl methyl sites for hydroxylation is 1. The molecule has 1 fully saturated rings. The molecule has 0 bridgehead atoms. The van der Waals surface area contributed by atoms with Crippen LogP contribution in [0.2, 0.25) is 0 Å². The van der Waals surface area contributed by atoms with E-state index >= 15 is 0 Å². The molecule has 2 aromatic carbocycles. The van der Waals surface area contributed by atoms with Gasteiger partial charge >= 0.3 is 0 Å². The van der Waals surface area contributed by atoms with Crippen molar-refractivity contribution in [3.05, 3.63) is 58.9 Å². The van der Waals surface area contributed by atoms with Crippen LogP contribution in [-0.4, -0.2) is 41.7 Å². The Bertz CT molecular complexity index is 1010. The second kappa shape index (κ2) is 9.34. The van der Waals surface area contributed by atoms with Crippen molar-refractivity contribution in [3.8, 4) is 11.5 Å². The summed E-state index contributed by atoms with van der Waals surface area (Å²) in [5, 5.41) is 0. The Labute approximate surface area is 195 Å². The van der Waals surface area contributed by atoms with Gasteiger partial charge in [0, 0.05) is 43.5 Å². The van der Waals surface area contributed by atoms with Crippen molar-refractivity contribution in [1.29, 1.82) is 0 Å².